The zero-order valence-corrected chi connectivity index (χ0v) is 7.60. The molecule has 1 aromatic carbocycles. The average Bonchev–Trinajstić information content (AvgIpc) is 2.01. The fraction of sp³-hybridized carbons (Fsp3) is 0.111. The molecule has 4 nitrogen and oxygen atoms in total. The lowest BCUT2D eigenvalue weighted by Gasteiger charge is -2.04. The molecule has 0 fully saturated rings. The van der Waals surface area contributed by atoms with Crippen LogP contribution >= 0.6 is 0 Å². The molecular formula is C9H10FN3O. The summed E-state index contributed by atoms with van der Waals surface area (Å²) in [5.74, 6) is -1.08. The third-order valence-electron chi connectivity index (χ3n) is 1.53. The van der Waals surface area contributed by atoms with Gasteiger partial charge in [0.25, 0.3) is 0 Å². The molecule has 0 aliphatic carbocycles. The minimum Gasteiger partial charge on any atom is -0.384 e. The fourth-order valence-corrected chi connectivity index (χ4v) is 1.02. The van der Waals surface area contributed by atoms with E-state index in [2.05, 4.69) is 5.32 Å². The van der Waals surface area contributed by atoms with Gasteiger partial charge < -0.3 is 11.1 Å². The first-order valence-corrected chi connectivity index (χ1v) is 3.91. The first kappa shape index (κ1) is 10.2. The van der Waals surface area contributed by atoms with E-state index in [9.17, 15) is 9.18 Å². The van der Waals surface area contributed by atoms with Crippen LogP contribution in [0.5, 0.6) is 0 Å². The minimum absolute atomic E-state index is 0.240. The second-order valence-corrected chi connectivity index (χ2v) is 2.82. The summed E-state index contributed by atoms with van der Waals surface area (Å²) >= 11 is 0. The van der Waals surface area contributed by atoms with Gasteiger partial charge in [-0.05, 0) is 18.2 Å². The maximum Gasteiger partial charge on any atom is 0.221 e. The van der Waals surface area contributed by atoms with E-state index >= 15 is 0 Å². The predicted octanol–water partition coefficient (Wildman–Crippen LogP) is 1.07. The Morgan fingerprint density at radius 2 is 2.14 bits per heavy atom. The molecule has 0 bridgehead atoms. The van der Waals surface area contributed by atoms with Crippen molar-refractivity contribution in [3.05, 3.63) is 29.6 Å². The Morgan fingerprint density at radius 3 is 2.64 bits per heavy atom. The largest absolute Gasteiger partial charge is 0.384 e. The Labute approximate surface area is 80.4 Å². The van der Waals surface area contributed by atoms with Crippen LogP contribution in [0.15, 0.2) is 18.2 Å². The number of nitrogens with two attached hydrogens (primary N) is 1. The molecule has 74 valence electrons. The van der Waals surface area contributed by atoms with Gasteiger partial charge >= 0.3 is 0 Å². The van der Waals surface area contributed by atoms with Gasteiger partial charge in [0.1, 0.15) is 11.7 Å². The van der Waals surface area contributed by atoms with E-state index < -0.39 is 5.82 Å². The topological polar surface area (TPSA) is 79.0 Å². The molecule has 14 heavy (non-hydrogen) atoms. The highest BCUT2D eigenvalue weighted by Crippen LogP contribution is 2.13. The van der Waals surface area contributed by atoms with Crippen LogP contribution in [0.2, 0.25) is 0 Å². The molecule has 0 heterocycles. The molecule has 1 aromatic rings. The predicted molar refractivity (Wildman–Crippen MR) is 51.7 cm³/mol. The molecule has 0 atom stereocenters. The molecule has 0 aromatic heterocycles. The second kappa shape index (κ2) is 3.87. The number of amidine groups is 1. The standard InChI is InChI=1S/C9H10FN3O/c1-5(14)13-8-3-6(9(11)12)2-7(10)4-8/h2-4H,1H3,(H3,11,12)(H,13,14). The summed E-state index contributed by atoms with van der Waals surface area (Å²) in [5, 5.41) is 9.52. The number of hydrogen-bond acceptors (Lipinski definition) is 2. The molecule has 0 aliphatic heterocycles. The number of carbonyl (C=O) groups excluding carboxylic acids is 1. The second-order valence-electron chi connectivity index (χ2n) is 2.82. The number of hydrogen-bond donors (Lipinski definition) is 3. The van der Waals surface area contributed by atoms with Gasteiger partial charge in [-0.1, -0.05) is 0 Å². The van der Waals surface area contributed by atoms with Crippen molar-refractivity contribution in [1.82, 2.24) is 0 Å². The highest BCUT2D eigenvalue weighted by Gasteiger charge is 2.03. The molecule has 1 rings (SSSR count). The molecule has 0 radical (unpaired) electrons. The highest BCUT2D eigenvalue weighted by molar-refractivity contribution is 5.97. The molecule has 0 aliphatic rings. The Balaban J connectivity index is 3.07. The lowest BCUT2D eigenvalue weighted by Crippen LogP contribution is -2.13. The first-order valence-electron chi connectivity index (χ1n) is 3.91. The summed E-state index contributed by atoms with van der Waals surface area (Å²) in [4.78, 5) is 10.7. The third-order valence-corrected chi connectivity index (χ3v) is 1.53. The SMILES string of the molecule is CC(=O)Nc1cc(F)cc(C(=N)N)c1. The average molecular weight is 195 g/mol. The molecule has 4 N–H and O–H groups in total. The lowest BCUT2D eigenvalue weighted by atomic mass is 10.2. The summed E-state index contributed by atoms with van der Waals surface area (Å²) in [6, 6.07) is 3.73. The number of amides is 1. The summed E-state index contributed by atoms with van der Waals surface area (Å²) in [6.45, 7) is 1.32. The quantitative estimate of drug-likeness (QED) is 0.487. The van der Waals surface area contributed by atoms with Crippen LogP contribution in [-0.4, -0.2) is 11.7 Å². The van der Waals surface area contributed by atoms with Crippen molar-refractivity contribution < 1.29 is 9.18 Å². The van der Waals surface area contributed by atoms with Crippen LogP contribution in [-0.2, 0) is 4.79 Å². The van der Waals surface area contributed by atoms with E-state index in [0.29, 0.717) is 5.69 Å². The monoisotopic (exact) mass is 195 g/mol. The third kappa shape index (κ3) is 2.55. The van der Waals surface area contributed by atoms with Crippen LogP contribution < -0.4 is 11.1 Å². The minimum atomic E-state index is -0.540. The van der Waals surface area contributed by atoms with Gasteiger partial charge in [0, 0.05) is 18.2 Å². The number of nitrogen functional groups attached to an aromatic ring is 1. The van der Waals surface area contributed by atoms with Crippen molar-refractivity contribution in [2.24, 2.45) is 5.73 Å². The smallest absolute Gasteiger partial charge is 0.221 e. The van der Waals surface area contributed by atoms with Crippen LogP contribution in [0.1, 0.15) is 12.5 Å². The van der Waals surface area contributed by atoms with Crippen LogP contribution in [0.4, 0.5) is 10.1 Å². The van der Waals surface area contributed by atoms with Crippen molar-refractivity contribution in [1.29, 1.82) is 5.41 Å². The van der Waals surface area contributed by atoms with E-state index in [1.54, 1.807) is 0 Å². The number of nitrogens with one attached hydrogen (secondary N) is 2. The van der Waals surface area contributed by atoms with Gasteiger partial charge in [-0.2, -0.15) is 0 Å². The molecule has 5 heteroatoms. The van der Waals surface area contributed by atoms with E-state index in [-0.39, 0.29) is 17.3 Å². The van der Waals surface area contributed by atoms with Crippen LogP contribution in [0, 0.1) is 11.2 Å². The van der Waals surface area contributed by atoms with Crippen molar-refractivity contribution in [3.63, 3.8) is 0 Å². The summed E-state index contributed by atoms with van der Waals surface area (Å²) in [7, 11) is 0. The van der Waals surface area contributed by atoms with Gasteiger partial charge in [0.05, 0.1) is 0 Å². The number of anilines is 1. The highest BCUT2D eigenvalue weighted by atomic mass is 19.1. The number of benzene rings is 1. The van der Waals surface area contributed by atoms with Crippen LogP contribution in [0.3, 0.4) is 0 Å². The van der Waals surface area contributed by atoms with E-state index in [1.165, 1.54) is 13.0 Å². The van der Waals surface area contributed by atoms with E-state index in [0.717, 1.165) is 12.1 Å². The zero-order chi connectivity index (χ0) is 10.7. The van der Waals surface area contributed by atoms with Gasteiger partial charge in [0.15, 0.2) is 0 Å². The number of rotatable bonds is 2. The van der Waals surface area contributed by atoms with Gasteiger partial charge in [-0.15, -0.1) is 0 Å². The molecular weight excluding hydrogens is 185 g/mol. The molecule has 1 amide bonds. The van der Waals surface area contributed by atoms with Gasteiger partial charge in [-0.3, -0.25) is 10.2 Å². The van der Waals surface area contributed by atoms with Crippen molar-refractivity contribution >= 4 is 17.4 Å². The normalized spacial score (nSPS) is 9.57. The zero-order valence-electron chi connectivity index (χ0n) is 7.60. The van der Waals surface area contributed by atoms with Crippen molar-refractivity contribution in [2.45, 2.75) is 6.92 Å². The maximum atomic E-state index is 12.9. The maximum absolute atomic E-state index is 12.9. The number of carbonyl (C=O) groups is 1. The fourth-order valence-electron chi connectivity index (χ4n) is 1.02. The van der Waals surface area contributed by atoms with Gasteiger partial charge in [-0.25, -0.2) is 4.39 Å². The molecule has 0 unspecified atom stereocenters. The van der Waals surface area contributed by atoms with Crippen molar-refractivity contribution in [2.75, 3.05) is 5.32 Å². The van der Waals surface area contributed by atoms with E-state index in [1.807, 2.05) is 0 Å². The summed E-state index contributed by atoms with van der Waals surface area (Å²) in [6.07, 6.45) is 0. The molecule has 0 spiro atoms. The summed E-state index contributed by atoms with van der Waals surface area (Å²) < 4.78 is 12.9. The van der Waals surface area contributed by atoms with E-state index in [4.69, 9.17) is 11.1 Å². The Hall–Kier alpha value is -1.91. The lowest BCUT2D eigenvalue weighted by molar-refractivity contribution is -0.114. The Bertz CT molecular complexity index is 390. The van der Waals surface area contributed by atoms with Gasteiger partial charge in [0.2, 0.25) is 5.91 Å². The Morgan fingerprint density at radius 1 is 1.50 bits per heavy atom. The molecule has 0 saturated heterocycles. The Kier molecular flexibility index (Phi) is 2.81. The van der Waals surface area contributed by atoms with Crippen LogP contribution in [0.25, 0.3) is 0 Å². The van der Waals surface area contributed by atoms with Crippen molar-refractivity contribution in [3.8, 4) is 0 Å². The first-order chi connectivity index (χ1) is 6.49. The molecule has 0 saturated carbocycles. The summed E-state index contributed by atoms with van der Waals surface area (Å²) in [5.41, 5.74) is 5.72. The number of halogens is 1.